The highest BCUT2D eigenvalue weighted by molar-refractivity contribution is 8.18. The third-order valence-electron chi connectivity index (χ3n) is 4.33. The number of carbonyl (C=O) groups is 2. The second-order valence-electron chi connectivity index (χ2n) is 7.49. The van der Waals surface area contributed by atoms with Crippen molar-refractivity contribution in [2.75, 3.05) is 5.32 Å². The SMILES string of the molecule is CC(C)(C)c1cccc(Nc2ccn3ncc(C=C4SC(=O)NC4=O)c3n2)c1. The molecule has 3 aromatic rings. The van der Waals surface area contributed by atoms with Crippen molar-refractivity contribution in [1.82, 2.24) is 19.9 Å². The van der Waals surface area contributed by atoms with Gasteiger partial charge >= 0.3 is 0 Å². The second-order valence-corrected chi connectivity index (χ2v) is 8.50. The maximum atomic E-state index is 11.8. The summed E-state index contributed by atoms with van der Waals surface area (Å²) < 4.78 is 1.63. The summed E-state index contributed by atoms with van der Waals surface area (Å²) in [6.45, 7) is 6.51. The van der Waals surface area contributed by atoms with Gasteiger partial charge in [0.15, 0.2) is 5.65 Å². The van der Waals surface area contributed by atoms with Crippen LogP contribution in [-0.2, 0) is 10.2 Å². The summed E-state index contributed by atoms with van der Waals surface area (Å²) in [5.41, 5.74) is 3.48. The number of hydrogen-bond donors (Lipinski definition) is 2. The van der Waals surface area contributed by atoms with E-state index in [0.717, 1.165) is 17.4 Å². The van der Waals surface area contributed by atoms with Gasteiger partial charge in [-0.25, -0.2) is 9.50 Å². The number of hydrogen-bond acceptors (Lipinski definition) is 6. The minimum absolute atomic E-state index is 0.0524. The lowest BCUT2D eigenvalue weighted by Crippen LogP contribution is -2.17. The Hall–Kier alpha value is -3.13. The maximum absolute atomic E-state index is 11.8. The number of thioether (sulfide) groups is 1. The average Bonchev–Trinajstić information content (AvgIpc) is 3.17. The second kappa shape index (κ2) is 6.79. The zero-order valence-corrected chi connectivity index (χ0v) is 16.5. The Labute approximate surface area is 166 Å². The van der Waals surface area contributed by atoms with Gasteiger partial charge in [-0.2, -0.15) is 5.10 Å². The molecule has 4 rings (SSSR count). The van der Waals surface area contributed by atoms with Crippen LogP contribution in [0.15, 0.2) is 47.6 Å². The van der Waals surface area contributed by atoms with Crippen LogP contribution in [0.25, 0.3) is 11.7 Å². The van der Waals surface area contributed by atoms with Gasteiger partial charge in [0.25, 0.3) is 11.1 Å². The van der Waals surface area contributed by atoms with Gasteiger partial charge in [0.1, 0.15) is 5.82 Å². The molecule has 1 fully saturated rings. The van der Waals surface area contributed by atoms with Crippen LogP contribution in [0.4, 0.5) is 16.3 Å². The van der Waals surface area contributed by atoms with Crippen LogP contribution in [-0.4, -0.2) is 25.7 Å². The topological polar surface area (TPSA) is 88.4 Å². The minimum atomic E-state index is -0.400. The lowest BCUT2D eigenvalue weighted by atomic mass is 9.87. The third-order valence-corrected chi connectivity index (χ3v) is 5.14. The van der Waals surface area contributed by atoms with Crippen molar-refractivity contribution >= 4 is 46.1 Å². The van der Waals surface area contributed by atoms with Crippen molar-refractivity contribution in [2.24, 2.45) is 0 Å². The highest BCUT2D eigenvalue weighted by atomic mass is 32.2. The molecule has 2 aromatic heterocycles. The predicted octanol–water partition coefficient (Wildman–Crippen LogP) is 4.09. The Morgan fingerprint density at radius 3 is 2.75 bits per heavy atom. The van der Waals surface area contributed by atoms with E-state index in [1.807, 2.05) is 18.2 Å². The Morgan fingerprint density at radius 2 is 2.04 bits per heavy atom. The smallest absolute Gasteiger partial charge is 0.290 e. The van der Waals surface area contributed by atoms with Crippen molar-refractivity contribution in [1.29, 1.82) is 0 Å². The van der Waals surface area contributed by atoms with E-state index in [4.69, 9.17) is 0 Å². The molecule has 2 N–H and O–H groups in total. The Balaban J connectivity index is 1.66. The van der Waals surface area contributed by atoms with Gasteiger partial charge in [-0.3, -0.25) is 14.9 Å². The molecule has 1 aliphatic heterocycles. The van der Waals surface area contributed by atoms with Gasteiger partial charge in [-0.1, -0.05) is 32.9 Å². The van der Waals surface area contributed by atoms with Crippen LogP contribution in [0.3, 0.4) is 0 Å². The van der Waals surface area contributed by atoms with Crippen molar-refractivity contribution in [3.63, 3.8) is 0 Å². The van der Waals surface area contributed by atoms with Gasteiger partial charge in [-0.15, -0.1) is 0 Å². The first-order valence-electron chi connectivity index (χ1n) is 8.76. The zero-order chi connectivity index (χ0) is 19.9. The summed E-state index contributed by atoms with van der Waals surface area (Å²) in [6, 6.07) is 10.1. The molecular weight excluding hydrogens is 374 g/mol. The van der Waals surface area contributed by atoms with Crippen molar-refractivity contribution in [2.45, 2.75) is 26.2 Å². The molecular formula is C20H19N5O2S. The molecule has 0 spiro atoms. The standard InChI is InChI=1S/C20H19N5O2S/c1-20(2,3)13-5-4-6-14(10-13)22-16-7-8-25-17(23-16)12(11-21-25)9-15-18(26)24-19(27)28-15/h4-11H,1-3H3,(H,22,23)(H,24,26,27). The number of imide groups is 1. The molecule has 2 amide bonds. The van der Waals surface area contributed by atoms with Crippen LogP contribution in [0.5, 0.6) is 0 Å². The van der Waals surface area contributed by atoms with E-state index in [-0.39, 0.29) is 10.7 Å². The van der Waals surface area contributed by atoms with Crippen molar-refractivity contribution in [3.8, 4) is 0 Å². The largest absolute Gasteiger partial charge is 0.340 e. The summed E-state index contributed by atoms with van der Waals surface area (Å²) >= 11 is 0.872. The van der Waals surface area contributed by atoms with Crippen molar-refractivity contribution in [3.05, 3.63) is 58.8 Å². The van der Waals surface area contributed by atoms with Gasteiger partial charge < -0.3 is 5.32 Å². The molecule has 0 bridgehead atoms. The molecule has 3 heterocycles. The molecule has 28 heavy (non-hydrogen) atoms. The summed E-state index contributed by atoms with van der Waals surface area (Å²) in [6.07, 6.45) is 5.05. The molecule has 0 saturated carbocycles. The lowest BCUT2D eigenvalue weighted by molar-refractivity contribution is -0.115. The van der Waals surface area contributed by atoms with Crippen LogP contribution in [0.2, 0.25) is 0 Å². The van der Waals surface area contributed by atoms with Crippen LogP contribution >= 0.6 is 11.8 Å². The molecule has 1 aromatic carbocycles. The molecule has 7 nitrogen and oxygen atoms in total. The van der Waals surface area contributed by atoms with Crippen LogP contribution < -0.4 is 10.6 Å². The lowest BCUT2D eigenvalue weighted by Gasteiger charge is -2.20. The first-order valence-corrected chi connectivity index (χ1v) is 9.58. The highest BCUT2D eigenvalue weighted by Gasteiger charge is 2.25. The number of nitrogens with one attached hydrogen (secondary N) is 2. The molecule has 0 atom stereocenters. The van der Waals surface area contributed by atoms with E-state index in [1.54, 1.807) is 23.0 Å². The van der Waals surface area contributed by atoms with E-state index in [2.05, 4.69) is 53.6 Å². The fraction of sp³-hybridized carbons (Fsp3) is 0.200. The summed E-state index contributed by atoms with van der Waals surface area (Å²) in [7, 11) is 0. The quantitative estimate of drug-likeness (QED) is 0.652. The summed E-state index contributed by atoms with van der Waals surface area (Å²) in [5, 5.41) is 9.45. The van der Waals surface area contributed by atoms with E-state index < -0.39 is 5.91 Å². The maximum Gasteiger partial charge on any atom is 0.290 e. The van der Waals surface area contributed by atoms with Gasteiger partial charge in [0.2, 0.25) is 0 Å². The van der Waals surface area contributed by atoms with Gasteiger partial charge in [0.05, 0.1) is 11.1 Å². The molecule has 0 unspecified atom stereocenters. The van der Waals surface area contributed by atoms with Crippen LogP contribution in [0, 0.1) is 0 Å². The van der Waals surface area contributed by atoms with E-state index in [1.165, 1.54) is 5.56 Å². The molecule has 8 heteroatoms. The molecule has 1 aliphatic rings. The number of anilines is 2. The fourth-order valence-electron chi connectivity index (χ4n) is 2.83. The average molecular weight is 393 g/mol. The Kier molecular flexibility index (Phi) is 4.43. The third kappa shape index (κ3) is 3.63. The normalized spacial score (nSPS) is 16.0. The number of rotatable bonds is 3. The predicted molar refractivity (Wildman–Crippen MR) is 111 cm³/mol. The number of aromatic nitrogens is 3. The minimum Gasteiger partial charge on any atom is -0.340 e. The Morgan fingerprint density at radius 1 is 1.21 bits per heavy atom. The van der Waals surface area contributed by atoms with E-state index in [0.29, 0.717) is 21.9 Å². The number of nitrogens with zero attached hydrogens (tertiary/aromatic N) is 3. The van der Waals surface area contributed by atoms with E-state index >= 15 is 0 Å². The fourth-order valence-corrected chi connectivity index (χ4v) is 3.50. The first kappa shape index (κ1) is 18.2. The summed E-state index contributed by atoms with van der Waals surface area (Å²) in [4.78, 5) is 28.1. The first-order chi connectivity index (χ1) is 13.3. The van der Waals surface area contributed by atoms with Gasteiger partial charge in [0, 0.05) is 17.4 Å². The summed E-state index contributed by atoms with van der Waals surface area (Å²) in [5.74, 6) is 0.265. The monoisotopic (exact) mass is 393 g/mol. The van der Waals surface area contributed by atoms with E-state index in [9.17, 15) is 9.59 Å². The van der Waals surface area contributed by atoms with Gasteiger partial charge in [-0.05, 0) is 47.0 Å². The highest BCUT2D eigenvalue weighted by Crippen LogP contribution is 2.28. The number of amides is 2. The number of fused-ring (bicyclic) bond motifs is 1. The molecule has 1 saturated heterocycles. The number of carbonyl (C=O) groups excluding carboxylic acids is 2. The molecule has 142 valence electrons. The molecule has 0 aliphatic carbocycles. The van der Waals surface area contributed by atoms with Crippen molar-refractivity contribution < 1.29 is 9.59 Å². The van der Waals surface area contributed by atoms with Crippen LogP contribution in [0.1, 0.15) is 31.9 Å². The zero-order valence-electron chi connectivity index (χ0n) is 15.7. The Bertz CT molecular complexity index is 1130. The number of benzene rings is 1. The molecule has 0 radical (unpaired) electrons.